The molecular formula is C25H34F2N2O5. The van der Waals surface area contributed by atoms with E-state index in [2.05, 4.69) is 0 Å². The zero-order valence-electron chi connectivity index (χ0n) is 20.1. The van der Waals surface area contributed by atoms with E-state index in [0.29, 0.717) is 12.5 Å². The molecule has 0 radical (unpaired) electrons. The average Bonchev–Trinajstić information content (AvgIpc) is 2.97. The summed E-state index contributed by atoms with van der Waals surface area (Å²) in [6, 6.07) is 0.915. The van der Waals surface area contributed by atoms with E-state index >= 15 is 0 Å². The first kappa shape index (κ1) is 25.9. The summed E-state index contributed by atoms with van der Waals surface area (Å²) in [5.74, 6) is -3.26. The van der Waals surface area contributed by atoms with Gasteiger partial charge < -0.3 is 14.7 Å². The Labute approximate surface area is 199 Å². The van der Waals surface area contributed by atoms with E-state index in [-0.39, 0.29) is 18.0 Å². The van der Waals surface area contributed by atoms with E-state index in [9.17, 15) is 28.3 Å². The minimum absolute atomic E-state index is 0.0913. The number of halogens is 2. The van der Waals surface area contributed by atoms with Gasteiger partial charge in [-0.2, -0.15) is 0 Å². The summed E-state index contributed by atoms with van der Waals surface area (Å²) in [5, 5.41) is 9.48. The van der Waals surface area contributed by atoms with Gasteiger partial charge in [0.2, 0.25) is 5.91 Å². The number of piperazine rings is 1. The molecule has 188 valence electrons. The van der Waals surface area contributed by atoms with Gasteiger partial charge in [0.1, 0.15) is 29.8 Å². The summed E-state index contributed by atoms with van der Waals surface area (Å²) in [4.78, 5) is 40.9. The lowest BCUT2D eigenvalue weighted by molar-refractivity contribution is -0.154. The Morgan fingerprint density at radius 2 is 1.65 bits per heavy atom. The number of hydrogen-bond acceptors (Lipinski definition) is 4. The van der Waals surface area contributed by atoms with Crippen LogP contribution in [0.1, 0.15) is 77.3 Å². The second-order valence-electron chi connectivity index (χ2n) is 10.3. The standard InChI is InChI=1S/C25H34F2N2O5/c1-25(2,3)34-24(33)29-14-21(17-11-18(26)13-19(27)12-17)28(15-22(30)31)23(32)20(29)10-16-8-6-4-5-7-9-16/h11-13,16,20-21H,4-10,14-15H2,1-3H3,(H,30,31)/t20-,21?/m0/s1. The Kier molecular flexibility index (Phi) is 8.15. The lowest BCUT2D eigenvalue weighted by atomic mass is 9.88. The van der Waals surface area contributed by atoms with Crippen LogP contribution in [0.3, 0.4) is 0 Å². The lowest BCUT2D eigenvalue weighted by Gasteiger charge is -2.46. The van der Waals surface area contributed by atoms with Gasteiger partial charge in [-0.25, -0.2) is 13.6 Å². The van der Waals surface area contributed by atoms with Gasteiger partial charge in [-0.1, -0.05) is 38.5 Å². The molecule has 0 aromatic heterocycles. The van der Waals surface area contributed by atoms with Crippen LogP contribution in [-0.2, 0) is 14.3 Å². The summed E-state index contributed by atoms with van der Waals surface area (Å²) in [7, 11) is 0. The number of nitrogens with zero attached hydrogens (tertiary/aromatic N) is 2. The highest BCUT2D eigenvalue weighted by Gasteiger charge is 2.46. The first-order valence-corrected chi connectivity index (χ1v) is 11.9. The molecule has 1 aromatic rings. The third-order valence-electron chi connectivity index (χ3n) is 6.42. The zero-order valence-corrected chi connectivity index (χ0v) is 20.1. The summed E-state index contributed by atoms with van der Waals surface area (Å²) in [5.41, 5.74) is -0.723. The maximum Gasteiger partial charge on any atom is 0.411 e. The first-order chi connectivity index (χ1) is 15.9. The van der Waals surface area contributed by atoms with E-state index in [1.54, 1.807) is 20.8 Å². The number of amides is 2. The fraction of sp³-hybridized carbons (Fsp3) is 0.640. The van der Waals surface area contributed by atoms with Crippen molar-refractivity contribution in [3.8, 4) is 0 Å². The zero-order chi connectivity index (χ0) is 25.0. The fourth-order valence-corrected chi connectivity index (χ4v) is 4.94. The van der Waals surface area contributed by atoms with E-state index in [1.807, 2.05) is 0 Å². The van der Waals surface area contributed by atoms with Crippen molar-refractivity contribution >= 4 is 18.0 Å². The SMILES string of the molecule is CC(C)(C)OC(=O)N1CC(c2cc(F)cc(F)c2)N(CC(=O)O)C(=O)[C@@H]1CC1CCCCCC1. The van der Waals surface area contributed by atoms with Gasteiger partial charge in [-0.05, 0) is 50.8 Å². The number of carbonyl (C=O) groups is 3. The fourth-order valence-electron chi connectivity index (χ4n) is 4.94. The predicted molar refractivity (Wildman–Crippen MR) is 121 cm³/mol. The van der Waals surface area contributed by atoms with Crippen LogP contribution >= 0.6 is 0 Å². The molecule has 1 saturated carbocycles. The van der Waals surface area contributed by atoms with E-state index in [1.165, 1.54) is 4.90 Å². The second-order valence-corrected chi connectivity index (χ2v) is 10.3. The highest BCUT2D eigenvalue weighted by atomic mass is 19.1. The van der Waals surface area contributed by atoms with Gasteiger partial charge in [0, 0.05) is 12.6 Å². The third kappa shape index (κ3) is 6.67. The normalized spacial score (nSPS) is 22.4. The lowest BCUT2D eigenvalue weighted by Crippen LogP contribution is -2.61. The molecule has 1 heterocycles. The molecule has 7 nitrogen and oxygen atoms in total. The molecule has 0 spiro atoms. The molecule has 1 aromatic carbocycles. The Hall–Kier alpha value is -2.71. The predicted octanol–water partition coefficient (Wildman–Crippen LogP) is 4.90. The van der Waals surface area contributed by atoms with Crippen LogP contribution in [0, 0.1) is 17.6 Å². The molecule has 1 saturated heterocycles. The molecule has 9 heteroatoms. The second kappa shape index (κ2) is 10.7. The van der Waals surface area contributed by atoms with Gasteiger partial charge in [-0.3, -0.25) is 14.5 Å². The van der Waals surface area contributed by atoms with E-state index in [0.717, 1.165) is 55.6 Å². The van der Waals surface area contributed by atoms with Gasteiger partial charge in [-0.15, -0.1) is 0 Å². The van der Waals surface area contributed by atoms with Crippen molar-refractivity contribution in [2.24, 2.45) is 5.92 Å². The molecule has 34 heavy (non-hydrogen) atoms. The maximum atomic E-state index is 14.0. The molecule has 1 N–H and O–H groups in total. The van der Waals surface area contributed by atoms with E-state index in [4.69, 9.17) is 4.74 Å². The summed E-state index contributed by atoms with van der Waals surface area (Å²) in [6.45, 7) is 4.40. The molecule has 3 rings (SSSR count). The Bertz CT molecular complexity index is 889. The van der Waals surface area contributed by atoms with Crippen molar-refractivity contribution in [3.05, 3.63) is 35.4 Å². The van der Waals surface area contributed by atoms with Crippen molar-refractivity contribution in [2.75, 3.05) is 13.1 Å². The molecule has 2 aliphatic rings. The minimum Gasteiger partial charge on any atom is -0.480 e. The van der Waals surface area contributed by atoms with Crippen LogP contribution in [0.4, 0.5) is 13.6 Å². The number of carbonyl (C=O) groups excluding carboxylic acids is 2. The summed E-state index contributed by atoms with van der Waals surface area (Å²) < 4.78 is 33.6. The van der Waals surface area contributed by atoms with Crippen molar-refractivity contribution in [3.63, 3.8) is 0 Å². The molecule has 2 atom stereocenters. The van der Waals surface area contributed by atoms with Crippen molar-refractivity contribution in [1.29, 1.82) is 0 Å². The van der Waals surface area contributed by atoms with Crippen molar-refractivity contribution in [2.45, 2.75) is 83.4 Å². The maximum absolute atomic E-state index is 14.0. The van der Waals surface area contributed by atoms with Crippen LogP contribution in [0.2, 0.25) is 0 Å². The molecular weight excluding hydrogens is 446 g/mol. The largest absolute Gasteiger partial charge is 0.480 e. The number of benzene rings is 1. The van der Waals surface area contributed by atoms with Crippen LogP contribution in [0.5, 0.6) is 0 Å². The van der Waals surface area contributed by atoms with Crippen LogP contribution < -0.4 is 0 Å². The molecule has 1 aliphatic carbocycles. The van der Waals surface area contributed by atoms with Crippen molar-refractivity contribution < 1.29 is 33.0 Å². The number of hydrogen-bond donors (Lipinski definition) is 1. The number of carboxylic acids is 1. The quantitative estimate of drug-likeness (QED) is 0.606. The minimum atomic E-state index is -1.24. The monoisotopic (exact) mass is 480 g/mol. The van der Waals surface area contributed by atoms with Crippen molar-refractivity contribution in [1.82, 2.24) is 9.80 Å². The highest BCUT2D eigenvalue weighted by Crippen LogP contribution is 2.35. The topological polar surface area (TPSA) is 87.2 Å². The Morgan fingerprint density at radius 1 is 1.06 bits per heavy atom. The van der Waals surface area contributed by atoms with Gasteiger partial charge >= 0.3 is 12.1 Å². The number of ether oxygens (including phenoxy) is 1. The van der Waals surface area contributed by atoms with Crippen LogP contribution in [0.25, 0.3) is 0 Å². The molecule has 1 aliphatic heterocycles. The van der Waals surface area contributed by atoms with Crippen LogP contribution in [0.15, 0.2) is 18.2 Å². The van der Waals surface area contributed by atoms with Crippen LogP contribution in [-0.4, -0.2) is 57.6 Å². The number of carboxylic acid groups (broad SMARTS) is 1. The Balaban J connectivity index is 1.99. The number of rotatable bonds is 5. The summed E-state index contributed by atoms with van der Waals surface area (Å²) in [6.07, 6.45) is 5.92. The molecule has 1 unspecified atom stereocenters. The molecule has 2 fully saturated rings. The van der Waals surface area contributed by atoms with Gasteiger partial charge in [0.25, 0.3) is 0 Å². The third-order valence-corrected chi connectivity index (χ3v) is 6.42. The highest BCUT2D eigenvalue weighted by molar-refractivity contribution is 5.90. The molecule has 2 amide bonds. The number of aliphatic carboxylic acids is 1. The van der Waals surface area contributed by atoms with Gasteiger partial charge in [0.05, 0.1) is 6.04 Å². The smallest absolute Gasteiger partial charge is 0.411 e. The molecule has 0 bridgehead atoms. The first-order valence-electron chi connectivity index (χ1n) is 11.9. The summed E-state index contributed by atoms with van der Waals surface area (Å²) >= 11 is 0. The Morgan fingerprint density at radius 3 is 2.18 bits per heavy atom. The average molecular weight is 481 g/mol. The van der Waals surface area contributed by atoms with E-state index < -0.39 is 53.8 Å². The van der Waals surface area contributed by atoms with Gasteiger partial charge in [0.15, 0.2) is 0 Å².